The molecule has 1 N–H and O–H groups in total. The molecule has 0 aliphatic heterocycles. The van der Waals surface area contributed by atoms with Crippen molar-refractivity contribution in [3.8, 4) is 0 Å². The third kappa shape index (κ3) is 3.55. The molecular weight excluding hydrogens is 352 g/mol. The van der Waals surface area contributed by atoms with Gasteiger partial charge in [0.15, 0.2) is 11.6 Å². The Balaban J connectivity index is 2.09. The molecule has 0 fully saturated rings. The van der Waals surface area contributed by atoms with E-state index >= 15 is 0 Å². The standard InChI is InChI=1S/C14H9BrClF2NO/c15-10-7-9(4-5-11(10)16)19-13(20)6-8-2-1-3-12(17)14(8)18/h1-5,7H,6H2,(H,19,20). The molecule has 0 bridgehead atoms. The van der Waals surface area contributed by atoms with Gasteiger partial charge in [-0.05, 0) is 40.2 Å². The van der Waals surface area contributed by atoms with Crippen LogP contribution in [0, 0.1) is 11.6 Å². The normalized spacial score (nSPS) is 10.4. The molecule has 20 heavy (non-hydrogen) atoms. The summed E-state index contributed by atoms with van der Waals surface area (Å²) in [5, 5.41) is 3.10. The number of anilines is 1. The fourth-order valence-corrected chi connectivity index (χ4v) is 2.13. The molecule has 0 atom stereocenters. The van der Waals surface area contributed by atoms with Gasteiger partial charge in [0.25, 0.3) is 0 Å². The number of carbonyl (C=O) groups is 1. The Morgan fingerprint density at radius 2 is 2.00 bits per heavy atom. The van der Waals surface area contributed by atoms with Crippen molar-refractivity contribution in [2.45, 2.75) is 6.42 Å². The highest BCUT2D eigenvalue weighted by molar-refractivity contribution is 9.10. The van der Waals surface area contributed by atoms with E-state index < -0.39 is 17.5 Å². The summed E-state index contributed by atoms with van der Waals surface area (Å²) in [5.74, 6) is -2.41. The zero-order chi connectivity index (χ0) is 14.7. The molecule has 0 aliphatic rings. The van der Waals surface area contributed by atoms with Crippen LogP contribution in [0.15, 0.2) is 40.9 Å². The molecule has 6 heteroatoms. The first-order valence-electron chi connectivity index (χ1n) is 5.65. The summed E-state index contributed by atoms with van der Waals surface area (Å²) in [6, 6.07) is 8.60. The Kier molecular flexibility index (Phi) is 4.73. The van der Waals surface area contributed by atoms with E-state index in [1.807, 2.05) is 0 Å². The van der Waals surface area contributed by atoms with E-state index in [2.05, 4.69) is 21.2 Å². The number of hydrogen-bond acceptors (Lipinski definition) is 1. The summed E-state index contributed by atoms with van der Waals surface area (Å²) in [5.41, 5.74) is 0.526. The van der Waals surface area contributed by atoms with Crippen LogP contribution >= 0.6 is 27.5 Å². The minimum Gasteiger partial charge on any atom is -0.326 e. The number of amides is 1. The van der Waals surface area contributed by atoms with E-state index in [4.69, 9.17) is 11.6 Å². The summed E-state index contributed by atoms with van der Waals surface area (Å²) < 4.78 is 27.1. The van der Waals surface area contributed by atoms with E-state index in [-0.39, 0.29) is 12.0 Å². The van der Waals surface area contributed by atoms with Gasteiger partial charge < -0.3 is 5.32 Å². The molecular formula is C14H9BrClF2NO. The average molecular weight is 361 g/mol. The first-order valence-corrected chi connectivity index (χ1v) is 6.82. The Morgan fingerprint density at radius 1 is 1.25 bits per heavy atom. The van der Waals surface area contributed by atoms with Crippen molar-refractivity contribution in [3.63, 3.8) is 0 Å². The van der Waals surface area contributed by atoms with E-state index in [0.717, 1.165) is 6.07 Å². The average Bonchev–Trinajstić information content (AvgIpc) is 2.39. The lowest BCUT2D eigenvalue weighted by Crippen LogP contribution is -2.15. The molecule has 0 saturated heterocycles. The number of carbonyl (C=O) groups excluding carboxylic acids is 1. The Morgan fingerprint density at radius 3 is 2.70 bits per heavy atom. The second-order valence-corrected chi connectivity index (χ2v) is 5.33. The summed E-state index contributed by atoms with van der Waals surface area (Å²) >= 11 is 9.07. The number of rotatable bonds is 3. The van der Waals surface area contributed by atoms with Crippen molar-refractivity contribution >= 4 is 39.1 Å². The second-order valence-electron chi connectivity index (χ2n) is 4.07. The molecule has 2 aromatic rings. The first-order chi connectivity index (χ1) is 9.47. The molecule has 0 aromatic heterocycles. The topological polar surface area (TPSA) is 29.1 Å². The zero-order valence-corrected chi connectivity index (χ0v) is 12.4. The van der Waals surface area contributed by atoms with Gasteiger partial charge in [-0.3, -0.25) is 4.79 Å². The van der Waals surface area contributed by atoms with Crippen LogP contribution in [0.25, 0.3) is 0 Å². The predicted molar refractivity (Wildman–Crippen MR) is 77.8 cm³/mol. The van der Waals surface area contributed by atoms with Crippen LogP contribution in [0.4, 0.5) is 14.5 Å². The van der Waals surface area contributed by atoms with Gasteiger partial charge in [-0.2, -0.15) is 0 Å². The maximum atomic E-state index is 13.4. The molecule has 2 rings (SSSR count). The van der Waals surface area contributed by atoms with Crippen LogP contribution in [0.2, 0.25) is 5.02 Å². The Bertz CT molecular complexity index is 664. The molecule has 0 spiro atoms. The largest absolute Gasteiger partial charge is 0.326 e. The Labute approximate surface area is 127 Å². The number of halogens is 4. The van der Waals surface area contributed by atoms with Crippen LogP contribution in [-0.4, -0.2) is 5.91 Å². The van der Waals surface area contributed by atoms with Crippen LogP contribution in [0.5, 0.6) is 0 Å². The van der Waals surface area contributed by atoms with E-state index in [0.29, 0.717) is 15.2 Å². The highest BCUT2D eigenvalue weighted by Gasteiger charge is 2.12. The van der Waals surface area contributed by atoms with Crippen molar-refractivity contribution < 1.29 is 13.6 Å². The summed E-state index contributed by atoms with van der Waals surface area (Å²) in [6.45, 7) is 0. The third-order valence-corrected chi connectivity index (χ3v) is 3.80. The molecule has 0 aliphatic carbocycles. The molecule has 2 nitrogen and oxygen atoms in total. The minimum atomic E-state index is -1.00. The number of hydrogen-bond donors (Lipinski definition) is 1. The monoisotopic (exact) mass is 359 g/mol. The maximum absolute atomic E-state index is 13.4. The summed E-state index contributed by atoms with van der Waals surface area (Å²) in [4.78, 5) is 11.8. The van der Waals surface area contributed by atoms with Gasteiger partial charge in [-0.1, -0.05) is 23.7 Å². The fraction of sp³-hybridized carbons (Fsp3) is 0.0714. The van der Waals surface area contributed by atoms with E-state index in [9.17, 15) is 13.6 Å². The van der Waals surface area contributed by atoms with Gasteiger partial charge in [-0.25, -0.2) is 8.78 Å². The smallest absolute Gasteiger partial charge is 0.228 e. The fourth-order valence-electron chi connectivity index (χ4n) is 1.64. The minimum absolute atomic E-state index is 0.00975. The van der Waals surface area contributed by atoms with Crippen molar-refractivity contribution in [1.82, 2.24) is 0 Å². The van der Waals surface area contributed by atoms with Crippen LogP contribution < -0.4 is 5.32 Å². The van der Waals surface area contributed by atoms with Gasteiger partial charge in [0.05, 0.1) is 11.4 Å². The van der Waals surface area contributed by atoms with Crippen LogP contribution in [0.1, 0.15) is 5.56 Å². The summed E-state index contributed by atoms with van der Waals surface area (Å²) in [7, 11) is 0. The number of benzene rings is 2. The molecule has 0 unspecified atom stereocenters. The van der Waals surface area contributed by atoms with E-state index in [1.54, 1.807) is 18.2 Å². The van der Waals surface area contributed by atoms with Crippen molar-refractivity contribution in [1.29, 1.82) is 0 Å². The lowest BCUT2D eigenvalue weighted by molar-refractivity contribution is -0.115. The van der Waals surface area contributed by atoms with Gasteiger partial charge in [-0.15, -0.1) is 0 Å². The molecule has 104 valence electrons. The lowest BCUT2D eigenvalue weighted by Gasteiger charge is -2.07. The molecule has 0 radical (unpaired) electrons. The molecule has 1 amide bonds. The number of nitrogens with one attached hydrogen (secondary N) is 1. The third-order valence-electron chi connectivity index (χ3n) is 2.59. The molecule has 0 heterocycles. The maximum Gasteiger partial charge on any atom is 0.228 e. The van der Waals surface area contributed by atoms with Gasteiger partial charge >= 0.3 is 0 Å². The quantitative estimate of drug-likeness (QED) is 0.854. The first kappa shape index (κ1) is 14.9. The van der Waals surface area contributed by atoms with Crippen LogP contribution in [-0.2, 0) is 11.2 Å². The second kappa shape index (κ2) is 6.33. The zero-order valence-electron chi connectivity index (χ0n) is 10.1. The lowest BCUT2D eigenvalue weighted by atomic mass is 10.1. The highest BCUT2D eigenvalue weighted by Crippen LogP contribution is 2.25. The van der Waals surface area contributed by atoms with Crippen molar-refractivity contribution in [2.75, 3.05) is 5.32 Å². The van der Waals surface area contributed by atoms with Gasteiger partial charge in [0.1, 0.15) is 0 Å². The van der Waals surface area contributed by atoms with Crippen molar-refractivity contribution in [2.24, 2.45) is 0 Å². The molecule has 2 aromatic carbocycles. The summed E-state index contributed by atoms with van der Waals surface area (Å²) in [6.07, 6.45) is -0.246. The SMILES string of the molecule is O=C(Cc1cccc(F)c1F)Nc1ccc(Cl)c(Br)c1. The van der Waals surface area contributed by atoms with Gasteiger partial charge in [0, 0.05) is 15.7 Å². The van der Waals surface area contributed by atoms with Gasteiger partial charge in [0.2, 0.25) is 5.91 Å². The van der Waals surface area contributed by atoms with Crippen LogP contribution in [0.3, 0.4) is 0 Å². The molecule has 0 saturated carbocycles. The van der Waals surface area contributed by atoms with Crippen molar-refractivity contribution in [3.05, 3.63) is 63.1 Å². The van der Waals surface area contributed by atoms with E-state index in [1.165, 1.54) is 12.1 Å². The highest BCUT2D eigenvalue weighted by atomic mass is 79.9. The Hall–Kier alpha value is -1.46. The predicted octanol–water partition coefficient (Wildman–Crippen LogP) is 4.56.